The van der Waals surface area contributed by atoms with Gasteiger partial charge in [-0.05, 0) is 51.4 Å². The molecule has 0 aromatic carbocycles. The maximum Gasteiger partial charge on any atom is 0.343 e. The number of rotatable bonds is 9. The molecule has 27 heavy (non-hydrogen) atoms. The molecule has 0 saturated heterocycles. The molecule has 0 radical (unpaired) electrons. The van der Waals surface area contributed by atoms with E-state index in [0.29, 0.717) is 19.3 Å². The summed E-state index contributed by atoms with van der Waals surface area (Å²) < 4.78 is 10.0. The Hall–Kier alpha value is -2.16. The van der Waals surface area contributed by atoms with Crippen molar-refractivity contribution < 1.29 is 38.9 Å². The predicted molar refractivity (Wildman–Crippen MR) is 93.5 cm³/mol. The van der Waals surface area contributed by atoms with Crippen LogP contribution < -0.4 is 5.32 Å². The SMILES string of the molecule is CCOC(=O)C(C[C@H]1C[C@@H](CO)CC[C@H]1C(=O)O)(NC(C)=O)C(=O)OCC. The lowest BCUT2D eigenvalue weighted by molar-refractivity contribution is -0.171. The average molecular weight is 387 g/mol. The van der Waals surface area contributed by atoms with Gasteiger partial charge in [0.1, 0.15) is 0 Å². The Morgan fingerprint density at radius 1 is 1.07 bits per heavy atom. The second-order valence-electron chi connectivity index (χ2n) is 6.80. The molecule has 1 aliphatic carbocycles. The lowest BCUT2D eigenvalue weighted by Crippen LogP contribution is -2.62. The summed E-state index contributed by atoms with van der Waals surface area (Å²) in [4.78, 5) is 48.8. The number of carboxylic acid groups (broad SMARTS) is 1. The number of esters is 2. The quantitative estimate of drug-likeness (QED) is 0.384. The summed E-state index contributed by atoms with van der Waals surface area (Å²) >= 11 is 0. The zero-order valence-corrected chi connectivity index (χ0v) is 16.0. The monoisotopic (exact) mass is 387 g/mol. The Bertz CT molecular complexity index is 544. The zero-order chi connectivity index (χ0) is 20.6. The number of carbonyl (C=O) groups is 4. The summed E-state index contributed by atoms with van der Waals surface area (Å²) in [6, 6.07) is 0. The van der Waals surface area contributed by atoms with Gasteiger partial charge < -0.3 is 25.0 Å². The number of carbonyl (C=O) groups excluding carboxylic acids is 3. The van der Waals surface area contributed by atoms with Gasteiger partial charge in [0.15, 0.2) is 0 Å². The van der Waals surface area contributed by atoms with Gasteiger partial charge in [-0.2, -0.15) is 0 Å². The highest BCUT2D eigenvalue weighted by Gasteiger charge is 2.53. The molecular weight excluding hydrogens is 358 g/mol. The smallest absolute Gasteiger partial charge is 0.343 e. The molecule has 9 heteroatoms. The molecule has 1 fully saturated rings. The normalized spacial score (nSPS) is 22.6. The van der Waals surface area contributed by atoms with E-state index in [1.807, 2.05) is 0 Å². The summed E-state index contributed by atoms with van der Waals surface area (Å²) in [5.74, 6) is -5.19. The summed E-state index contributed by atoms with van der Waals surface area (Å²) in [5, 5.41) is 21.4. The van der Waals surface area contributed by atoms with E-state index in [0.717, 1.165) is 6.92 Å². The van der Waals surface area contributed by atoms with Crippen LogP contribution in [0, 0.1) is 17.8 Å². The van der Waals surface area contributed by atoms with Crippen LogP contribution >= 0.6 is 0 Å². The fourth-order valence-electron chi connectivity index (χ4n) is 3.68. The van der Waals surface area contributed by atoms with Crippen molar-refractivity contribution in [2.24, 2.45) is 17.8 Å². The number of ether oxygens (including phenoxy) is 2. The first-order valence-electron chi connectivity index (χ1n) is 9.18. The van der Waals surface area contributed by atoms with E-state index >= 15 is 0 Å². The first-order chi connectivity index (χ1) is 12.7. The third-order valence-corrected chi connectivity index (χ3v) is 4.87. The number of aliphatic hydroxyl groups excluding tert-OH is 1. The molecule has 3 N–H and O–H groups in total. The Labute approximate surface area is 158 Å². The van der Waals surface area contributed by atoms with Crippen LogP contribution in [-0.2, 0) is 28.7 Å². The van der Waals surface area contributed by atoms with E-state index in [1.54, 1.807) is 13.8 Å². The van der Waals surface area contributed by atoms with Crippen molar-refractivity contribution in [3.8, 4) is 0 Å². The molecular formula is C18H29NO8. The summed E-state index contributed by atoms with van der Waals surface area (Å²) in [6.07, 6.45) is 0.897. The number of nitrogens with one attached hydrogen (secondary N) is 1. The Kier molecular flexibility index (Phi) is 8.68. The van der Waals surface area contributed by atoms with E-state index in [9.17, 15) is 29.4 Å². The van der Waals surface area contributed by atoms with Gasteiger partial charge >= 0.3 is 17.9 Å². The Morgan fingerprint density at radius 3 is 2.04 bits per heavy atom. The minimum absolute atomic E-state index is 0.0220. The third-order valence-electron chi connectivity index (χ3n) is 4.87. The Morgan fingerprint density at radius 2 is 1.63 bits per heavy atom. The molecule has 0 aromatic rings. The highest BCUT2D eigenvalue weighted by molar-refractivity contribution is 6.07. The molecule has 0 spiro atoms. The fourth-order valence-corrected chi connectivity index (χ4v) is 3.68. The van der Waals surface area contributed by atoms with Crippen LogP contribution in [0.25, 0.3) is 0 Å². The van der Waals surface area contributed by atoms with E-state index in [1.165, 1.54) is 0 Å². The van der Waals surface area contributed by atoms with Gasteiger partial charge in [0.2, 0.25) is 11.4 Å². The molecule has 0 bridgehead atoms. The van der Waals surface area contributed by atoms with Crippen LogP contribution in [0.1, 0.15) is 46.5 Å². The molecule has 1 saturated carbocycles. The van der Waals surface area contributed by atoms with Crippen LogP contribution in [0.3, 0.4) is 0 Å². The van der Waals surface area contributed by atoms with Crippen LogP contribution in [0.4, 0.5) is 0 Å². The number of carboxylic acids is 1. The molecule has 1 amide bonds. The van der Waals surface area contributed by atoms with Crippen LogP contribution in [0.15, 0.2) is 0 Å². The van der Waals surface area contributed by atoms with Crippen molar-refractivity contribution in [2.75, 3.05) is 19.8 Å². The number of hydrogen-bond donors (Lipinski definition) is 3. The molecule has 154 valence electrons. The lowest BCUT2D eigenvalue weighted by atomic mass is 9.69. The second kappa shape index (κ2) is 10.2. The predicted octanol–water partition coefficient (Wildman–Crippen LogP) is 0.487. The zero-order valence-electron chi connectivity index (χ0n) is 16.0. The molecule has 0 aliphatic heterocycles. The van der Waals surface area contributed by atoms with Gasteiger partial charge in [-0.25, -0.2) is 9.59 Å². The standard InChI is InChI=1S/C18H29NO8/c1-4-26-16(24)18(19-11(3)21,17(25)27-5-2)9-13-8-12(10-20)6-7-14(13)15(22)23/h12-14,20H,4-10H2,1-3H3,(H,19,21)(H,22,23)/t12-,13+,14+/m0/s1. The van der Waals surface area contributed by atoms with Gasteiger partial charge in [0, 0.05) is 13.5 Å². The number of aliphatic hydroxyl groups is 1. The van der Waals surface area contributed by atoms with Crippen molar-refractivity contribution >= 4 is 23.8 Å². The van der Waals surface area contributed by atoms with Crippen LogP contribution in [-0.4, -0.2) is 59.4 Å². The van der Waals surface area contributed by atoms with E-state index in [2.05, 4.69) is 5.32 Å². The number of aliphatic carboxylic acids is 1. The molecule has 9 nitrogen and oxygen atoms in total. The Balaban J connectivity index is 3.32. The largest absolute Gasteiger partial charge is 0.481 e. The van der Waals surface area contributed by atoms with Crippen molar-refractivity contribution in [3.05, 3.63) is 0 Å². The first kappa shape index (κ1) is 22.9. The highest BCUT2D eigenvalue weighted by Crippen LogP contribution is 2.39. The van der Waals surface area contributed by atoms with Crippen LogP contribution in [0.2, 0.25) is 0 Å². The maximum absolute atomic E-state index is 12.7. The molecule has 3 atom stereocenters. The fraction of sp³-hybridized carbons (Fsp3) is 0.778. The minimum atomic E-state index is -2.12. The van der Waals surface area contributed by atoms with E-state index in [-0.39, 0.29) is 32.2 Å². The van der Waals surface area contributed by atoms with E-state index < -0.39 is 41.2 Å². The molecule has 0 unspecified atom stereocenters. The topological polar surface area (TPSA) is 139 Å². The van der Waals surface area contributed by atoms with Crippen LogP contribution in [0.5, 0.6) is 0 Å². The first-order valence-corrected chi connectivity index (χ1v) is 9.18. The highest BCUT2D eigenvalue weighted by atomic mass is 16.6. The number of hydrogen-bond acceptors (Lipinski definition) is 7. The van der Waals surface area contributed by atoms with Crippen molar-refractivity contribution in [3.63, 3.8) is 0 Å². The van der Waals surface area contributed by atoms with Gasteiger partial charge in [-0.3, -0.25) is 9.59 Å². The number of amides is 1. The van der Waals surface area contributed by atoms with Gasteiger partial charge in [0.05, 0.1) is 19.1 Å². The minimum Gasteiger partial charge on any atom is -0.481 e. The van der Waals surface area contributed by atoms with Gasteiger partial charge in [-0.1, -0.05) is 0 Å². The maximum atomic E-state index is 12.7. The second-order valence-corrected chi connectivity index (χ2v) is 6.80. The lowest BCUT2D eigenvalue weighted by Gasteiger charge is -2.38. The van der Waals surface area contributed by atoms with E-state index in [4.69, 9.17) is 9.47 Å². The third kappa shape index (κ3) is 5.66. The van der Waals surface area contributed by atoms with Gasteiger partial charge in [0.25, 0.3) is 0 Å². The van der Waals surface area contributed by atoms with Gasteiger partial charge in [-0.15, -0.1) is 0 Å². The van der Waals surface area contributed by atoms with Crippen molar-refractivity contribution in [1.29, 1.82) is 0 Å². The van der Waals surface area contributed by atoms with Crippen molar-refractivity contribution in [2.45, 2.75) is 52.0 Å². The molecule has 1 rings (SSSR count). The molecule has 0 heterocycles. The molecule has 1 aliphatic rings. The van der Waals surface area contributed by atoms with Crippen molar-refractivity contribution in [1.82, 2.24) is 5.32 Å². The average Bonchev–Trinajstić information content (AvgIpc) is 2.60. The summed E-state index contributed by atoms with van der Waals surface area (Å²) in [5.41, 5.74) is -2.12. The molecule has 0 aromatic heterocycles. The summed E-state index contributed by atoms with van der Waals surface area (Å²) in [6.45, 7) is 4.11. The summed E-state index contributed by atoms with van der Waals surface area (Å²) in [7, 11) is 0.